The summed E-state index contributed by atoms with van der Waals surface area (Å²) < 4.78 is 27.2. The van der Waals surface area contributed by atoms with Crippen molar-refractivity contribution >= 4 is 21.6 Å². The van der Waals surface area contributed by atoms with Gasteiger partial charge in [0.25, 0.3) is 0 Å². The number of aryl methyl sites for hydroxylation is 1. The molecule has 6 heteroatoms. The SMILES string of the molecule is CN1CCC(NS(=O)(=O)c2ccc(CCCl)cc2)C1. The van der Waals surface area contributed by atoms with Crippen LogP contribution in [0.15, 0.2) is 29.2 Å². The summed E-state index contributed by atoms with van der Waals surface area (Å²) in [5, 5.41) is 0. The molecule has 0 saturated carbocycles. The second-order valence-corrected chi connectivity index (χ2v) is 7.04. The Hall–Kier alpha value is -0.620. The Morgan fingerprint density at radius 3 is 2.58 bits per heavy atom. The third-order valence-corrected chi connectivity index (χ3v) is 5.06. The monoisotopic (exact) mass is 302 g/mol. The molecule has 1 atom stereocenters. The first kappa shape index (κ1) is 14.8. The van der Waals surface area contributed by atoms with Gasteiger partial charge in [0.2, 0.25) is 10.0 Å². The van der Waals surface area contributed by atoms with Crippen LogP contribution < -0.4 is 4.72 Å². The smallest absolute Gasteiger partial charge is 0.240 e. The predicted molar refractivity (Wildman–Crippen MR) is 77.1 cm³/mol. The zero-order valence-electron chi connectivity index (χ0n) is 11.0. The van der Waals surface area contributed by atoms with E-state index in [2.05, 4.69) is 9.62 Å². The van der Waals surface area contributed by atoms with Crippen LogP contribution in [0.4, 0.5) is 0 Å². The van der Waals surface area contributed by atoms with E-state index in [-0.39, 0.29) is 6.04 Å². The van der Waals surface area contributed by atoms with Crippen molar-refractivity contribution in [2.24, 2.45) is 0 Å². The molecule has 2 rings (SSSR count). The minimum atomic E-state index is -3.41. The predicted octanol–water partition coefficient (Wildman–Crippen LogP) is 1.45. The first-order valence-electron chi connectivity index (χ1n) is 6.37. The molecule has 19 heavy (non-hydrogen) atoms. The van der Waals surface area contributed by atoms with E-state index in [1.54, 1.807) is 12.1 Å². The number of halogens is 1. The van der Waals surface area contributed by atoms with Crippen molar-refractivity contribution in [1.82, 2.24) is 9.62 Å². The van der Waals surface area contributed by atoms with E-state index >= 15 is 0 Å². The van der Waals surface area contributed by atoms with Gasteiger partial charge in [-0.1, -0.05) is 12.1 Å². The van der Waals surface area contributed by atoms with E-state index in [0.29, 0.717) is 10.8 Å². The number of sulfonamides is 1. The van der Waals surface area contributed by atoms with Crippen LogP contribution in [-0.4, -0.2) is 45.4 Å². The molecule has 0 amide bonds. The molecule has 0 aromatic heterocycles. The van der Waals surface area contributed by atoms with Crippen molar-refractivity contribution in [3.8, 4) is 0 Å². The number of rotatable bonds is 5. The highest BCUT2D eigenvalue weighted by Gasteiger charge is 2.25. The van der Waals surface area contributed by atoms with Crippen LogP contribution in [0.1, 0.15) is 12.0 Å². The highest BCUT2D eigenvalue weighted by atomic mass is 35.5. The molecule has 0 radical (unpaired) electrons. The molecule has 1 aliphatic heterocycles. The number of benzene rings is 1. The molecular formula is C13H19ClN2O2S. The van der Waals surface area contributed by atoms with Crippen molar-refractivity contribution < 1.29 is 8.42 Å². The van der Waals surface area contributed by atoms with Gasteiger partial charge in [-0.2, -0.15) is 0 Å². The van der Waals surface area contributed by atoms with E-state index in [9.17, 15) is 8.42 Å². The number of likely N-dealkylation sites (tertiary alicyclic amines) is 1. The lowest BCUT2D eigenvalue weighted by molar-refractivity contribution is 0.407. The van der Waals surface area contributed by atoms with Gasteiger partial charge in [0, 0.05) is 18.5 Å². The van der Waals surface area contributed by atoms with Gasteiger partial charge in [0.05, 0.1) is 4.90 Å². The van der Waals surface area contributed by atoms with E-state index in [4.69, 9.17) is 11.6 Å². The van der Waals surface area contributed by atoms with Crippen LogP contribution in [0.3, 0.4) is 0 Å². The van der Waals surface area contributed by atoms with Crippen LogP contribution in [-0.2, 0) is 16.4 Å². The van der Waals surface area contributed by atoms with Gasteiger partial charge in [0.15, 0.2) is 0 Å². The Morgan fingerprint density at radius 1 is 1.37 bits per heavy atom. The Morgan fingerprint density at radius 2 is 2.05 bits per heavy atom. The molecule has 0 bridgehead atoms. The number of likely N-dealkylation sites (N-methyl/N-ethyl adjacent to an activating group) is 1. The third kappa shape index (κ3) is 3.92. The fraction of sp³-hybridized carbons (Fsp3) is 0.538. The molecule has 1 aliphatic rings. The Balaban J connectivity index is 2.06. The molecule has 1 aromatic carbocycles. The first-order chi connectivity index (χ1) is 9.01. The van der Waals surface area contributed by atoms with E-state index < -0.39 is 10.0 Å². The van der Waals surface area contributed by atoms with E-state index in [1.165, 1.54) is 0 Å². The summed E-state index contributed by atoms with van der Waals surface area (Å²) in [6.45, 7) is 1.70. The molecule has 1 fully saturated rings. The zero-order chi connectivity index (χ0) is 13.9. The Bertz CT molecular complexity index is 516. The minimum Gasteiger partial charge on any atom is -0.305 e. The maximum absolute atomic E-state index is 12.2. The fourth-order valence-corrected chi connectivity index (χ4v) is 3.74. The number of alkyl halides is 1. The Kier molecular flexibility index (Phi) is 4.84. The van der Waals surface area contributed by atoms with Crippen LogP contribution in [0.5, 0.6) is 0 Å². The molecule has 4 nitrogen and oxygen atoms in total. The largest absolute Gasteiger partial charge is 0.305 e. The van der Waals surface area contributed by atoms with Gasteiger partial charge in [-0.25, -0.2) is 13.1 Å². The zero-order valence-corrected chi connectivity index (χ0v) is 12.5. The normalized spacial score (nSPS) is 20.8. The molecule has 1 saturated heterocycles. The summed E-state index contributed by atoms with van der Waals surface area (Å²) in [6.07, 6.45) is 1.61. The van der Waals surface area contributed by atoms with Crippen molar-refractivity contribution in [2.45, 2.75) is 23.8 Å². The van der Waals surface area contributed by atoms with Crippen LogP contribution in [0, 0.1) is 0 Å². The Labute approximate surface area is 119 Å². The summed E-state index contributed by atoms with van der Waals surface area (Å²) in [5.74, 6) is 0.540. The second kappa shape index (κ2) is 6.22. The molecule has 1 aromatic rings. The molecule has 0 spiro atoms. The van der Waals surface area contributed by atoms with Crippen molar-refractivity contribution in [3.63, 3.8) is 0 Å². The molecule has 0 aliphatic carbocycles. The summed E-state index contributed by atoms with van der Waals surface area (Å²) >= 11 is 5.66. The summed E-state index contributed by atoms with van der Waals surface area (Å²) in [6, 6.07) is 6.93. The third-order valence-electron chi connectivity index (χ3n) is 3.33. The molecule has 1 N–H and O–H groups in total. The average molecular weight is 303 g/mol. The lowest BCUT2D eigenvalue weighted by atomic mass is 10.2. The lowest BCUT2D eigenvalue weighted by Crippen LogP contribution is -2.36. The highest BCUT2D eigenvalue weighted by molar-refractivity contribution is 7.89. The van der Waals surface area contributed by atoms with Crippen molar-refractivity contribution in [2.75, 3.05) is 26.0 Å². The van der Waals surface area contributed by atoms with Gasteiger partial charge in [-0.3, -0.25) is 0 Å². The van der Waals surface area contributed by atoms with Gasteiger partial charge in [-0.15, -0.1) is 11.6 Å². The second-order valence-electron chi connectivity index (χ2n) is 4.95. The number of nitrogens with one attached hydrogen (secondary N) is 1. The maximum Gasteiger partial charge on any atom is 0.240 e. The summed E-state index contributed by atoms with van der Waals surface area (Å²) in [4.78, 5) is 2.44. The van der Waals surface area contributed by atoms with Crippen LogP contribution in [0.25, 0.3) is 0 Å². The van der Waals surface area contributed by atoms with Gasteiger partial charge >= 0.3 is 0 Å². The van der Waals surface area contributed by atoms with Crippen LogP contribution >= 0.6 is 11.6 Å². The molecular weight excluding hydrogens is 284 g/mol. The topological polar surface area (TPSA) is 49.4 Å². The minimum absolute atomic E-state index is 0.0116. The summed E-state index contributed by atoms with van der Waals surface area (Å²) in [5.41, 5.74) is 1.05. The van der Waals surface area contributed by atoms with Crippen LogP contribution in [0.2, 0.25) is 0 Å². The standard InChI is InChI=1S/C13H19ClN2O2S/c1-16-9-7-12(10-16)15-19(17,18)13-4-2-11(3-5-13)6-8-14/h2-5,12,15H,6-10H2,1H3. The van der Waals surface area contributed by atoms with Gasteiger partial charge in [-0.05, 0) is 44.1 Å². The number of nitrogens with zero attached hydrogens (tertiary/aromatic N) is 1. The number of hydrogen-bond donors (Lipinski definition) is 1. The van der Waals surface area contributed by atoms with Crippen molar-refractivity contribution in [3.05, 3.63) is 29.8 Å². The van der Waals surface area contributed by atoms with Gasteiger partial charge < -0.3 is 4.90 Å². The molecule has 106 valence electrons. The van der Waals surface area contributed by atoms with E-state index in [1.807, 2.05) is 19.2 Å². The molecule has 1 unspecified atom stereocenters. The quantitative estimate of drug-likeness (QED) is 0.838. The summed E-state index contributed by atoms with van der Waals surface area (Å²) in [7, 11) is -1.41. The van der Waals surface area contributed by atoms with Crippen molar-refractivity contribution in [1.29, 1.82) is 0 Å². The fourth-order valence-electron chi connectivity index (χ4n) is 2.26. The molecule has 1 heterocycles. The maximum atomic E-state index is 12.2. The average Bonchev–Trinajstić information content (AvgIpc) is 2.75. The van der Waals surface area contributed by atoms with E-state index in [0.717, 1.165) is 31.5 Å². The van der Waals surface area contributed by atoms with Gasteiger partial charge in [0.1, 0.15) is 0 Å². The highest BCUT2D eigenvalue weighted by Crippen LogP contribution is 2.14. The lowest BCUT2D eigenvalue weighted by Gasteiger charge is -2.13. The first-order valence-corrected chi connectivity index (χ1v) is 8.39. The number of hydrogen-bond acceptors (Lipinski definition) is 3.